The molecule has 0 radical (unpaired) electrons. The van der Waals surface area contributed by atoms with Crippen molar-refractivity contribution >= 4 is 45.7 Å². The average molecular weight is 655 g/mol. The van der Waals surface area contributed by atoms with Crippen molar-refractivity contribution < 1.29 is 61.9 Å². The first-order chi connectivity index (χ1) is 19.4. The van der Waals surface area contributed by atoms with Gasteiger partial charge in [-0.15, -0.1) is 0 Å². The maximum absolute atomic E-state index is 12.5. The van der Waals surface area contributed by atoms with Crippen molar-refractivity contribution in [3.8, 4) is 0 Å². The predicted molar refractivity (Wildman–Crippen MR) is 139 cm³/mol. The number of amides is 1. The van der Waals surface area contributed by atoms with Crippen LogP contribution in [0.15, 0.2) is 5.11 Å². The second kappa shape index (κ2) is 19.2. The molecule has 1 rings (SSSR count). The molecule has 2 unspecified atom stereocenters. The monoisotopic (exact) mass is 654 g/mol. The zero-order chi connectivity index (χ0) is 30.9. The maximum Gasteiger partial charge on any atom is 0.324 e. The second-order valence-corrected chi connectivity index (χ2v) is 9.30. The Morgan fingerprint density at radius 1 is 0.976 bits per heavy atom. The number of ether oxygens (including phenoxy) is 8. The third-order valence-electron chi connectivity index (χ3n) is 5.00. The fourth-order valence-electron chi connectivity index (χ4n) is 3.54. The highest BCUT2D eigenvalue weighted by atomic mass is 79.9. The summed E-state index contributed by atoms with van der Waals surface area (Å²) in [6.45, 7) is 5.86. The first-order valence-electron chi connectivity index (χ1n) is 12.5. The van der Waals surface area contributed by atoms with Gasteiger partial charge in [0.1, 0.15) is 18.8 Å². The summed E-state index contributed by atoms with van der Waals surface area (Å²) in [5, 5.41) is 5.90. The summed E-state index contributed by atoms with van der Waals surface area (Å²) in [7, 11) is 0. The van der Waals surface area contributed by atoms with E-state index in [0.29, 0.717) is 0 Å². The van der Waals surface area contributed by atoms with Gasteiger partial charge in [0.25, 0.3) is 0 Å². The molecule has 0 aromatic heterocycles. The Kier molecular flexibility index (Phi) is 16.8. The van der Waals surface area contributed by atoms with E-state index in [1.54, 1.807) is 6.92 Å². The van der Waals surface area contributed by atoms with E-state index in [1.807, 2.05) is 0 Å². The molecule has 0 spiro atoms. The van der Waals surface area contributed by atoms with E-state index in [1.165, 1.54) is 6.92 Å². The van der Waals surface area contributed by atoms with E-state index in [0.717, 1.165) is 20.8 Å². The second-order valence-electron chi connectivity index (χ2n) is 8.32. The van der Waals surface area contributed by atoms with Crippen LogP contribution in [0.1, 0.15) is 34.6 Å². The van der Waals surface area contributed by atoms with Crippen molar-refractivity contribution in [1.29, 1.82) is 0 Å². The van der Waals surface area contributed by atoms with Crippen molar-refractivity contribution in [1.82, 2.24) is 5.32 Å². The fourth-order valence-corrected chi connectivity index (χ4v) is 3.95. The van der Waals surface area contributed by atoms with E-state index >= 15 is 0 Å². The zero-order valence-electron chi connectivity index (χ0n) is 23.3. The molecule has 0 aromatic rings. The van der Waals surface area contributed by atoms with Crippen LogP contribution in [0.5, 0.6) is 0 Å². The molecular weight excluding hydrogens is 620 g/mol. The molecule has 1 heterocycles. The van der Waals surface area contributed by atoms with Crippen molar-refractivity contribution in [3.05, 3.63) is 10.4 Å². The Morgan fingerprint density at radius 2 is 1.63 bits per heavy atom. The van der Waals surface area contributed by atoms with Crippen molar-refractivity contribution in [2.45, 2.75) is 76.4 Å². The molecule has 0 aromatic carbocycles. The van der Waals surface area contributed by atoms with Crippen LogP contribution in [-0.2, 0) is 61.9 Å². The van der Waals surface area contributed by atoms with Crippen molar-refractivity contribution in [2.75, 3.05) is 39.6 Å². The van der Waals surface area contributed by atoms with E-state index < -0.39 is 78.2 Å². The van der Waals surface area contributed by atoms with Crippen molar-refractivity contribution in [3.63, 3.8) is 0 Å². The zero-order valence-corrected chi connectivity index (χ0v) is 24.9. The number of hydrogen-bond donors (Lipinski definition) is 1. The quantitative estimate of drug-likeness (QED) is 0.0333. The molecule has 41 heavy (non-hydrogen) atoms. The Hall–Kier alpha value is -3.02. The van der Waals surface area contributed by atoms with Crippen LogP contribution in [0.25, 0.3) is 10.4 Å². The number of nitrogens with zero attached hydrogens (tertiary/aromatic N) is 3. The van der Waals surface area contributed by atoms with Crippen LogP contribution >= 0.6 is 15.9 Å². The predicted octanol–water partition coefficient (Wildman–Crippen LogP) is 0.655. The summed E-state index contributed by atoms with van der Waals surface area (Å²) in [5.41, 5.74) is 8.33. The average Bonchev–Trinajstić information content (AvgIpc) is 2.88. The summed E-state index contributed by atoms with van der Waals surface area (Å²) in [4.78, 5) is 61.5. The maximum atomic E-state index is 12.5. The van der Waals surface area contributed by atoms with Gasteiger partial charge in [-0.2, -0.15) is 0 Å². The van der Waals surface area contributed by atoms with Crippen LogP contribution in [0.2, 0.25) is 0 Å². The molecule has 232 valence electrons. The fraction of sp³-hybridized carbons (Fsp3) is 0.783. The van der Waals surface area contributed by atoms with Crippen molar-refractivity contribution in [2.24, 2.45) is 5.11 Å². The molecule has 7 atom stereocenters. The SMILES string of the molecule is CCOC(=O)C(Br)C(OCCOCCN=[N+]=[N-])O[C@H]1O[C@H](COC(C)=O)[C@H](OC(C)=O)[C@H](OC(C)=O)[C@H]1NC(C)=O. The standard InChI is InChI=1S/C23H35BrN4O13/c1-6-35-21(33)17(24)22(36-10-9-34-8-7-26-28-25)41-23-18(27-12(2)29)20(39-15(5)32)19(38-14(4)31)16(40-23)11-37-13(3)30/h16-20,22-23H,6-11H2,1-5H3,(H,27,29)/t16-,17?,18-,19+,20-,22?,23-/m1/s1. The van der Waals surface area contributed by atoms with Gasteiger partial charge in [0.2, 0.25) is 5.91 Å². The number of nitrogens with one attached hydrogen (secondary N) is 1. The molecule has 0 saturated carbocycles. The molecule has 1 aliphatic rings. The van der Waals surface area contributed by atoms with Gasteiger partial charge >= 0.3 is 23.9 Å². The summed E-state index contributed by atoms with van der Waals surface area (Å²) >= 11 is 3.19. The molecule has 1 N–H and O–H groups in total. The van der Waals surface area contributed by atoms with Crippen LogP contribution in [0.3, 0.4) is 0 Å². The van der Waals surface area contributed by atoms with Crippen LogP contribution < -0.4 is 5.32 Å². The van der Waals surface area contributed by atoms with Gasteiger partial charge in [-0.3, -0.25) is 24.0 Å². The summed E-state index contributed by atoms with van der Waals surface area (Å²) in [5.74, 6) is -3.57. The first-order valence-corrected chi connectivity index (χ1v) is 13.4. The van der Waals surface area contributed by atoms with Gasteiger partial charge in [-0.25, -0.2) is 0 Å². The molecule has 0 bridgehead atoms. The van der Waals surface area contributed by atoms with Gasteiger partial charge in [-0.1, -0.05) is 21.0 Å². The normalized spacial score (nSPS) is 23.2. The molecule has 18 heteroatoms. The minimum absolute atomic E-state index is 0.0175. The number of halogens is 1. The van der Waals surface area contributed by atoms with Gasteiger partial charge < -0.3 is 43.2 Å². The van der Waals surface area contributed by atoms with Crippen LogP contribution in [-0.4, -0.2) is 111 Å². The highest BCUT2D eigenvalue weighted by Crippen LogP contribution is 2.30. The lowest BCUT2D eigenvalue weighted by atomic mass is 9.96. The third-order valence-corrected chi connectivity index (χ3v) is 5.80. The summed E-state index contributed by atoms with van der Waals surface area (Å²) in [6, 6.07) is -1.29. The molecule has 17 nitrogen and oxygen atoms in total. The van der Waals surface area contributed by atoms with E-state index in [-0.39, 0.29) is 33.0 Å². The first kappa shape index (κ1) is 36.0. The molecular formula is C23H35BrN4O13. The number of carbonyl (C=O) groups excluding carboxylic acids is 5. The highest BCUT2D eigenvalue weighted by molar-refractivity contribution is 9.10. The largest absolute Gasteiger partial charge is 0.465 e. The van der Waals surface area contributed by atoms with Gasteiger partial charge in [0, 0.05) is 39.2 Å². The summed E-state index contributed by atoms with van der Waals surface area (Å²) in [6.07, 6.45) is -6.86. The lowest BCUT2D eigenvalue weighted by Crippen LogP contribution is -2.67. The van der Waals surface area contributed by atoms with E-state index in [9.17, 15) is 24.0 Å². The van der Waals surface area contributed by atoms with E-state index in [4.69, 9.17) is 43.4 Å². The van der Waals surface area contributed by atoms with Gasteiger partial charge in [0.15, 0.2) is 29.6 Å². The number of rotatable bonds is 17. The number of esters is 4. The third kappa shape index (κ3) is 13.5. The van der Waals surface area contributed by atoms with Crippen LogP contribution in [0.4, 0.5) is 0 Å². The number of hydrogen-bond acceptors (Lipinski definition) is 14. The minimum atomic E-state index is -1.50. The van der Waals surface area contributed by atoms with Crippen LogP contribution in [0, 0.1) is 0 Å². The highest BCUT2D eigenvalue weighted by Gasteiger charge is 2.52. The topological polar surface area (TPSA) is 220 Å². The Labute approximate surface area is 244 Å². The molecule has 1 amide bonds. The van der Waals surface area contributed by atoms with E-state index in [2.05, 4.69) is 31.3 Å². The lowest BCUT2D eigenvalue weighted by Gasteiger charge is -2.45. The molecule has 1 aliphatic heterocycles. The minimum Gasteiger partial charge on any atom is -0.465 e. The molecule has 1 saturated heterocycles. The summed E-state index contributed by atoms with van der Waals surface area (Å²) < 4.78 is 43.8. The Morgan fingerprint density at radius 3 is 2.20 bits per heavy atom. The number of alkyl halides is 1. The molecule has 0 aliphatic carbocycles. The lowest BCUT2D eigenvalue weighted by molar-refractivity contribution is -0.315. The Balaban J connectivity index is 3.36. The smallest absolute Gasteiger partial charge is 0.324 e. The Bertz CT molecular complexity index is 949. The van der Waals surface area contributed by atoms with Gasteiger partial charge in [-0.05, 0) is 12.5 Å². The van der Waals surface area contributed by atoms with Gasteiger partial charge in [0.05, 0.1) is 26.4 Å². The molecule has 1 fully saturated rings. The number of azide groups is 1. The number of carbonyl (C=O) groups is 5.